The van der Waals surface area contributed by atoms with Crippen LogP contribution in [0.1, 0.15) is 62.2 Å². The van der Waals surface area contributed by atoms with Gasteiger partial charge in [0.05, 0.1) is 12.8 Å². The summed E-state index contributed by atoms with van der Waals surface area (Å²) in [6, 6.07) is 1.81. The molecule has 0 N–H and O–H groups in total. The maximum absolute atomic E-state index is 12.1. The van der Waals surface area contributed by atoms with E-state index in [-0.39, 0.29) is 5.78 Å². The second kappa shape index (κ2) is 7.27. The van der Waals surface area contributed by atoms with E-state index in [2.05, 4.69) is 4.98 Å². The number of ketones is 1. The fourth-order valence-electron chi connectivity index (χ4n) is 2.77. The Labute approximate surface area is 115 Å². The van der Waals surface area contributed by atoms with Crippen molar-refractivity contribution in [3.8, 4) is 5.75 Å². The number of ether oxygens (including phenoxy) is 1. The van der Waals surface area contributed by atoms with Gasteiger partial charge in [0.15, 0.2) is 5.78 Å². The Morgan fingerprint density at radius 1 is 1.32 bits per heavy atom. The highest BCUT2D eigenvalue weighted by molar-refractivity contribution is 5.96. The number of Topliss-reactive ketones (excluding diaryl/α,β-unsaturated/α-hetero) is 1. The van der Waals surface area contributed by atoms with Crippen LogP contribution in [0.2, 0.25) is 0 Å². The number of aromatic nitrogens is 1. The van der Waals surface area contributed by atoms with Crippen molar-refractivity contribution in [1.29, 1.82) is 0 Å². The highest BCUT2D eigenvalue weighted by Crippen LogP contribution is 2.28. The largest absolute Gasteiger partial charge is 0.492 e. The molecular weight excluding hydrogens is 238 g/mol. The molecule has 1 heterocycles. The molecule has 1 saturated carbocycles. The first kappa shape index (κ1) is 14.0. The lowest BCUT2D eigenvalue weighted by atomic mass is 9.85. The Kier molecular flexibility index (Phi) is 5.37. The zero-order chi connectivity index (χ0) is 13.5. The molecule has 19 heavy (non-hydrogen) atoms. The van der Waals surface area contributed by atoms with Gasteiger partial charge < -0.3 is 4.74 Å². The lowest BCUT2D eigenvalue weighted by molar-refractivity contribution is 0.0969. The van der Waals surface area contributed by atoms with Gasteiger partial charge in [-0.1, -0.05) is 32.1 Å². The van der Waals surface area contributed by atoms with E-state index in [1.54, 1.807) is 18.5 Å². The number of carbonyl (C=O) groups excluding carboxylic acids is 1. The first-order valence-corrected chi connectivity index (χ1v) is 7.40. The molecule has 104 valence electrons. The van der Waals surface area contributed by atoms with Crippen LogP contribution in [0.5, 0.6) is 5.75 Å². The molecule has 0 unspecified atom stereocenters. The zero-order valence-electron chi connectivity index (χ0n) is 11.7. The van der Waals surface area contributed by atoms with E-state index in [9.17, 15) is 4.79 Å². The fourth-order valence-corrected chi connectivity index (χ4v) is 2.77. The minimum absolute atomic E-state index is 0.194. The summed E-state index contributed by atoms with van der Waals surface area (Å²) in [5.74, 6) is 1.63. The first-order valence-electron chi connectivity index (χ1n) is 7.40. The van der Waals surface area contributed by atoms with Crippen LogP contribution in [-0.2, 0) is 0 Å². The van der Waals surface area contributed by atoms with Crippen LogP contribution in [0, 0.1) is 5.92 Å². The Hall–Kier alpha value is -1.38. The SMILES string of the molecule is CCOc1cncc(C(=O)CCC2CCCCC2)c1. The average molecular weight is 261 g/mol. The van der Waals surface area contributed by atoms with E-state index in [0.717, 1.165) is 12.3 Å². The van der Waals surface area contributed by atoms with Gasteiger partial charge in [0.25, 0.3) is 0 Å². The third-order valence-electron chi connectivity index (χ3n) is 3.85. The van der Waals surface area contributed by atoms with E-state index in [0.29, 0.717) is 24.3 Å². The number of pyridine rings is 1. The third kappa shape index (κ3) is 4.34. The summed E-state index contributed by atoms with van der Waals surface area (Å²) < 4.78 is 5.38. The molecular formula is C16H23NO2. The second-order valence-corrected chi connectivity index (χ2v) is 5.31. The number of hydrogen-bond acceptors (Lipinski definition) is 3. The molecule has 0 atom stereocenters. The van der Waals surface area contributed by atoms with Gasteiger partial charge >= 0.3 is 0 Å². The van der Waals surface area contributed by atoms with E-state index in [1.807, 2.05) is 6.92 Å². The molecule has 1 aromatic heterocycles. The first-order chi connectivity index (χ1) is 9.29. The van der Waals surface area contributed by atoms with Crippen LogP contribution in [0.25, 0.3) is 0 Å². The Bertz CT molecular complexity index is 411. The number of hydrogen-bond donors (Lipinski definition) is 0. The molecule has 3 nitrogen and oxygen atoms in total. The summed E-state index contributed by atoms with van der Waals surface area (Å²) >= 11 is 0. The van der Waals surface area contributed by atoms with Crippen molar-refractivity contribution < 1.29 is 9.53 Å². The molecule has 0 spiro atoms. The minimum Gasteiger partial charge on any atom is -0.492 e. The van der Waals surface area contributed by atoms with E-state index in [1.165, 1.54) is 32.1 Å². The summed E-state index contributed by atoms with van der Waals surface area (Å²) in [4.78, 5) is 16.2. The molecule has 3 heteroatoms. The highest BCUT2D eigenvalue weighted by atomic mass is 16.5. The van der Waals surface area contributed by atoms with Gasteiger partial charge in [-0.15, -0.1) is 0 Å². The van der Waals surface area contributed by atoms with E-state index < -0.39 is 0 Å². The van der Waals surface area contributed by atoms with E-state index in [4.69, 9.17) is 4.74 Å². The standard InChI is InChI=1S/C16H23NO2/c1-2-19-15-10-14(11-17-12-15)16(18)9-8-13-6-4-3-5-7-13/h10-13H,2-9H2,1H3. The zero-order valence-corrected chi connectivity index (χ0v) is 11.7. The van der Waals surface area contributed by atoms with Gasteiger partial charge in [-0.25, -0.2) is 0 Å². The van der Waals surface area contributed by atoms with Gasteiger partial charge in [-0.05, 0) is 25.3 Å². The molecule has 0 radical (unpaired) electrons. The Balaban J connectivity index is 1.86. The molecule has 1 aliphatic rings. The molecule has 2 rings (SSSR count). The van der Waals surface area contributed by atoms with Crippen LogP contribution in [0.3, 0.4) is 0 Å². The van der Waals surface area contributed by atoms with Crippen molar-refractivity contribution in [2.24, 2.45) is 5.92 Å². The highest BCUT2D eigenvalue weighted by Gasteiger charge is 2.16. The number of rotatable bonds is 6. The van der Waals surface area contributed by atoms with Crippen LogP contribution in [0.4, 0.5) is 0 Å². The molecule has 0 aliphatic heterocycles. The van der Waals surface area contributed by atoms with E-state index >= 15 is 0 Å². The van der Waals surface area contributed by atoms with Crippen LogP contribution in [0.15, 0.2) is 18.5 Å². The van der Waals surface area contributed by atoms with Gasteiger partial charge in [-0.2, -0.15) is 0 Å². The summed E-state index contributed by atoms with van der Waals surface area (Å²) in [5, 5.41) is 0. The minimum atomic E-state index is 0.194. The van der Waals surface area contributed by atoms with Crippen LogP contribution < -0.4 is 4.74 Å². The molecule has 0 saturated heterocycles. The topological polar surface area (TPSA) is 39.2 Å². The van der Waals surface area contributed by atoms with Gasteiger partial charge in [0, 0.05) is 18.2 Å². The van der Waals surface area contributed by atoms with Crippen LogP contribution >= 0.6 is 0 Å². The summed E-state index contributed by atoms with van der Waals surface area (Å²) in [5.41, 5.74) is 0.682. The van der Waals surface area contributed by atoms with Gasteiger partial charge in [0.1, 0.15) is 5.75 Å². The summed E-state index contributed by atoms with van der Waals surface area (Å²) in [6.07, 6.45) is 11.6. The maximum atomic E-state index is 12.1. The second-order valence-electron chi connectivity index (χ2n) is 5.31. The van der Waals surface area contributed by atoms with Crippen molar-refractivity contribution in [1.82, 2.24) is 4.98 Å². The van der Waals surface area contributed by atoms with Crippen molar-refractivity contribution >= 4 is 5.78 Å². The lowest BCUT2D eigenvalue weighted by Crippen LogP contribution is -2.09. The Morgan fingerprint density at radius 3 is 2.84 bits per heavy atom. The average Bonchev–Trinajstić information content (AvgIpc) is 2.46. The van der Waals surface area contributed by atoms with Crippen molar-refractivity contribution in [2.75, 3.05) is 6.61 Å². The monoisotopic (exact) mass is 261 g/mol. The number of carbonyl (C=O) groups is 1. The fraction of sp³-hybridized carbons (Fsp3) is 0.625. The summed E-state index contributed by atoms with van der Waals surface area (Å²) in [7, 11) is 0. The molecule has 0 aromatic carbocycles. The summed E-state index contributed by atoms with van der Waals surface area (Å²) in [6.45, 7) is 2.53. The molecule has 0 bridgehead atoms. The molecule has 1 fully saturated rings. The maximum Gasteiger partial charge on any atom is 0.164 e. The smallest absolute Gasteiger partial charge is 0.164 e. The third-order valence-corrected chi connectivity index (χ3v) is 3.85. The van der Waals surface area contributed by atoms with Gasteiger partial charge in [0.2, 0.25) is 0 Å². The number of nitrogens with zero attached hydrogens (tertiary/aromatic N) is 1. The quantitative estimate of drug-likeness (QED) is 0.726. The van der Waals surface area contributed by atoms with Crippen LogP contribution in [-0.4, -0.2) is 17.4 Å². The normalized spacial score (nSPS) is 16.3. The predicted molar refractivity (Wildman–Crippen MR) is 75.5 cm³/mol. The Morgan fingerprint density at radius 2 is 2.11 bits per heavy atom. The molecule has 1 aliphatic carbocycles. The van der Waals surface area contributed by atoms with Crippen molar-refractivity contribution in [3.63, 3.8) is 0 Å². The van der Waals surface area contributed by atoms with Gasteiger partial charge in [-0.3, -0.25) is 9.78 Å². The predicted octanol–water partition coefficient (Wildman–Crippen LogP) is 4.02. The van der Waals surface area contributed by atoms with Crippen molar-refractivity contribution in [3.05, 3.63) is 24.0 Å². The van der Waals surface area contributed by atoms with Crippen molar-refractivity contribution in [2.45, 2.75) is 51.9 Å². The molecule has 1 aromatic rings. The molecule has 0 amide bonds. The lowest BCUT2D eigenvalue weighted by Gasteiger charge is -2.20.